The molecular weight excluding hydrogens is 409 g/mol. The molecule has 0 radical (unpaired) electrons. The predicted octanol–water partition coefficient (Wildman–Crippen LogP) is 3.78. The Balaban J connectivity index is 1.85. The number of ether oxygens (including phenoxy) is 1. The van der Waals surface area contributed by atoms with Crippen LogP contribution < -0.4 is 5.73 Å². The molecule has 2 N–H and O–H groups in total. The molecule has 0 spiro atoms. The van der Waals surface area contributed by atoms with Crippen molar-refractivity contribution in [2.45, 2.75) is 24.4 Å². The molecule has 2 aliphatic rings. The topological polar surface area (TPSA) is 79.3 Å². The third-order valence-corrected chi connectivity index (χ3v) is 6.01. The van der Waals surface area contributed by atoms with Crippen LogP contribution >= 0.6 is 23.2 Å². The molecule has 1 saturated heterocycles. The molecule has 2 aromatic rings. The average molecular weight is 428 g/mol. The second kappa shape index (κ2) is 7.38. The van der Waals surface area contributed by atoms with Gasteiger partial charge in [0.2, 0.25) is 0 Å². The van der Waals surface area contributed by atoms with Gasteiger partial charge in [-0.2, -0.15) is 5.26 Å². The summed E-state index contributed by atoms with van der Waals surface area (Å²) in [6.45, 7) is 0.444. The molecule has 2 atom stereocenters. The summed E-state index contributed by atoms with van der Waals surface area (Å²) in [5.41, 5.74) is 8.27. The van der Waals surface area contributed by atoms with Gasteiger partial charge in [-0.3, -0.25) is 4.79 Å². The molecule has 148 valence electrons. The van der Waals surface area contributed by atoms with Crippen molar-refractivity contribution in [3.05, 3.63) is 75.0 Å². The van der Waals surface area contributed by atoms with Crippen molar-refractivity contribution >= 4 is 34.7 Å². The minimum absolute atomic E-state index is 0.137. The Labute approximate surface area is 179 Å². The number of methoxy groups -OCH3 is 1. The van der Waals surface area contributed by atoms with Crippen LogP contribution in [-0.4, -0.2) is 36.0 Å². The van der Waals surface area contributed by atoms with E-state index in [2.05, 4.69) is 6.07 Å². The fraction of sp³-hybridized carbons (Fsp3) is 0.273. The quantitative estimate of drug-likeness (QED) is 0.804. The van der Waals surface area contributed by atoms with Crippen molar-refractivity contribution in [2.75, 3.05) is 13.7 Å². The normalized spacial score (nSPS) is 23.3. The molecule has 5 nitrogen and oxygen atoms in total. The molecule has 2 heterocycles. The van der Waals surface area contributed by atoms with E-state index in [1.54, 1.807) is 42.3 Å². The minimum atomic E-state index is -0.677. The van der Waals surface area contributed by atoms with Gasteiger partial charge in [0, 0.05) is 29.1 Å². The highest BCUT2D eigenvalue weighted by Crippen LogP contribution is 2.48. The lowest BCUT2D eigenvalue weighted by molar-refractivity contribution is -0.126. The molecular formula is C22H19Cl2N3O2. The fourth-order valence-electron chi connectivity index (χ4n) is 4.50. The summed E-state index contributed by atoms with van der Waals surface area (Å²) in [4.78, 5) is 15.2. The number of hydrogen-bond donors (Lipinski definition) is 1. The van der Waals surface area contributed by atoms with Crippen LogP contribution in [0.4, 0.5) is 0 Å². The first kappa shape index (κ1) is 19.8. The molecule has 29 heavy (non-hydrogen) atoms. The van der Waals surface area contributed by atoms with E-state index in [4.69, 9.17) is 38.9 Å². The van der Waals surface area contributed by atoms with Gasteiger partial charge in [-0.25, -0.2) is 0 Å². The van der Waals surface area contributed by atoms with E-state index >= 15 is 0 Å². The number of fused-ring (bicyclic) bond motifs is 1. The Morgan fingerprint density at radius 1 is 1.24 bits per heavy atom. The van der Waals surface area contributed by atoms with Crippen LogP contribution in [0.1, 0.15) is 23.1 Å². The highest BCUT2D eigenvalue weighted by atomic mass is 35.5. The molecule has 4 rings (SSSR count). The Morgan fingerprint density at radius 2 is 1.90 bits per heavy atom. The Morgan fingerprint density at radius 3 is 2.48 bits per heavy atom. The first-order valence-electron chi connectivity index (χ1n) is 9.20. The summed E-state index contributed by atoms with van der Waals surface area (Å²) in [6.07, 6.45) is 1.12. The molecule has 2 aromatic carbocycles. The van der Waals surface area contributed by atoms with Crippen LogP contribution in [0, 0.1) is 11.3 Å². The Hall–Kier alpha value is -2.52. The van der Waals surface area contributed by atoms with Gasteiger partial charge >= 0.3 is 0 Å². The van der Waals surface area contributed by atoms with Crippen molar-refractivity contribution in [1.29, 1.82) is 5.26 Å². The summed E-state index contributed by atoms with van der Waals surface area (Å²) in [6, 6.07) is 14.4. The van der Waals surface area contributed by atoms with Gasteiger partial charge in [-0.15, -0.1) is 0 Å². The number of halogens is 2. The Bertz CT molecular complexity index is 1040. The van der Waals surface area contributed by atoms with Gasteiger partial charge in [0.15, 0.2) is 0 Å². The smallest absolute Gasteiger partial charge is 0.258 e. The second-order valence-corrected chi connectivity index (χ2v) is 8.34. The number of nitriles is 1. The van der Waals surface area contributed by atoms with Crippen LogP contribution in [0.25, 0.3) is 5.57 Å². The van der Waals surface area contributed by atoms with E-state index in [0.717, 1.165) is 5.56 Å². The van der Waals surface area contributed by atoms with Gasteiger partial charge in [0.25, 0.3) is 5.91 Å². The summed E-state index contributed by atoms with van der Waals surface area (Å²) in [5, 5.41) is 9.95. The first-order valence-corrected chi connectivity index (χ1v) is 9.95. The molecule has 0 aliphatic carbocycles. The molecule has 0 bridgehead atoms. The number of nitrogens with two attached hydrogens (primary N) is 1. The van der Waals surface area contributed by atoms with Gasteiger partial charge in [0.05, 0.1) is 24.3 Å². The van der Waals surface area contributed by atoms with E-state index in [0.29, 0.717) is 51.9 Å². The molecule has 7 heteroatoms. The van der Waals surface area contributed by atoms with Crippen molar-refractivity contribution in [2.24, 2.45) is 5.73 Å². The van der Waals surface area contributed by atoms with E-state index in [1.165, 1.54) is 0 Å². The van der Waals surface area contributed by atoms with Crippen LogP contribution in [0.3, 0.4) is 0 Å². The van der Waals surface area contributed by atoms with Crippen molar-refractivity contribution in [3.8, 4) is 6.07 Å². The summed E-state index contributed by atoms with van der Waals surface area (Å²) in [5.74, 6) is 0.444. The van der Waals surface area contributed by atoms with Crippen LogP contribution in [0.5, 0.6) is 0 Å². The van der Waals surface area contributed by atoms with E-state index < -0.39 is 5.54 Å². The molecule has 2 aliphatic heterocycles. The van der Waals surface area contributed by atoms with Crippen molar-refractivity contribution in [3.63, 3.8) is 0 Å². The standard InChI is InChI=1S/C22H19Cl2N3O2/c1-29-20-19(15-6-16(23)8-17(24)7-15)21(28)27-12-18(26)10-22(20,27)9-13-2-4-14(11-25)5-3-13/h2-8,18H,9-10,12,26H2,1H3. The monoisotopic (exact) mass is 427 g/mol. The van der Waals surface area contributed by atoms with Crippen LogP contribution in [-0.2, 0) is 16.0 Å². The second-order valence-electron chi connectivity index (χ2n) is 7.46. The zero-order valence-corrected chi connectivity index (χ0v) is 17.3. The van der Waals surface area contributed by atoms with Gasteiger partial charge in [-0.05, 0) is 47.9 Å². The molecule has 0 saturated carbocycles. The van der Waals surface area contributed by atoms with E-state index in [9.17, 15) is 4.79 Å². The van der Waals surface area contributed by atoms with Gasteiger partial charge < -0.3 is 15.4 Å². The van der Waals surface area contributed by atoms with Crippen molar-refractivity contribution < 1.29 is 9.53 Å². The number of nitrogens with zero attached hydrogens (tertiary/aromatic N) is 2. The fourth-order valence-corrected chi connectivity index (χ4v) is 5.03. The van der Waals surface area contributed by atoms with Gasteiger partial charge in [0.1, 0.15) is 11.3 Å². The number of benzene rings is 2. The number of carbonyl (C=O) groups excluding carboxylic acids is 1. The summed E-state index contributed by atoms with van der Waals surface area (Å²) in [7, 11) is 1.57. The summed E-state index contributed by atoms with van der Waals surface area (Å²) < 4.78 is 5.83. The number of rotatable bonds is 4. The lowest BCUT2D eigenvalue weighted by Crippen LogP contribution is -2.45. The van der Waals surface area contributed by atoms with E-state index in [-0.39, 0.29) is 11.9 Å². The van der Waals surface area contributed by atoms with Crippen LogP contribution in [0.2, 0.25) is 10.0 Å². The van der Waals surface area contributed by atoms with Crippen molar-refractivity contribution in [1.82, 2.24) is 4.90 Å². The van der Waals surface area contributed by atoms with E-state index in [1.807, 2.05) is 12.1 Å². The molecule has 2 unspecified atom stereocenters. The maximum absolute atomic E-state index is 13.4. The molecule has 1 fully saturated rings. The maximum atomic E-state index is 13.4. The third kappa shape index (κ3) is 3.28. The maximum Gasteiger partial charge on any atom is 0.258 e. The Kier molecular flexibility index (Phi) is 5.04. The molecule has 1 amide bonds. The zero-order chi connectivity index (χ0) is 20.8. The van der Waals surface area contributed by atoms with Crippen LogP contribution in [0.15, 0.2) is 48.2 Å². The highest BCUT2D eigenvalue weighted by molar-refractivity contribution is 6.35. The third-order valence-electron chi connectivity index (χ3n) is 5.58. The largest absolute Gasteiger partial charge is 0.498 e. The SMILES string of the molecule is COC1=C(c2cc(Cl)cc(Cl)c2)C(=O)N2CC(N)CC12Cc1ccc(C#N)cc1. The van der Waals surface area contributed by atoms with Gasteiger partial charge in [-0.1, -0.05) is 35.3 Å². The number of amides is 1. The average Bonchev–Trinajstić information content (AvgIpc) is 3.11. The lowest BCUT2D eigenvalue weighted by Gasteiger charge is -2.34. The first-order chi connectivity index (χ1) is 13.9. The summed E-state index contributed by atoms with van der Waals surface area (Å²) >= 11 is 12.4. The number of hydrogen-bond acceptors (Lipinski definition) is 4. The number of carbonyl (C=O) groups is 1. The molecule has 0 aromatic heterocycles. The lowest BCUT2D eigenvalue weighted by atomic mass is 9.85. The zero-order valence-electron chi connectivity index (χ0n) is 15.8. The predicted molar refractivity (Wildman–Crippen MR) is 112 cm³/mol. The minimum Gasteiger partial charge on any atom is -0.498 e. The highest BCUT2D eigenvalue weighted by Gasteiger charge is 2.57.